The van der Waals surface area contributed by atoms with Crippen LogP contribution in [-0.2, 0) is 0 Å². The number of benzene rings is 1. The van der Waals surface area contributed by atoms with Crippen LogP contribution in [0.15, 0.2) is 45.5 Å². The number of anilines is 1. The molecule has 1 aromatic carbocycles. The SMILES string of the molecule is Nc1noc(-c2ccn[nH]2)c1-c1cccc(Br)c1. The standard InChI is InChI=1S/C12H9BrN4O/c13-8-3-1-2-7(6-8)10-11(18-17-12(10)14)9-4-5-15-16-9/h1-6H,(H2,14,17)(H,15,16). The summed E-state index contributed by atoms with van der Waals surface area (Å²) in [5.74, 6) is 0.945. The van der Waals surface area contributed by atoms with Gasteiger partial charge in [-0.15, -0.1) is 0 Å². The van der Waals surface area contributed by atoms with Gasteiger partial charge < -0.3 is 10.3 Å². The highest BCUT2D eigenvalue weighted by molar-refractivity contribution is 9.10. The molecule has 0 atom stereocenters. The van der Waals surface area contributed by atoms with Crippen molar-refractivity contribution in [2.24, 2.45) is 0 Å². The van der Waals surface area contributed by atoms with E-state index in [0.29, 0.717) is 11.6 Å². The van der Waals surface area contributed by atoms with Gasteiger partial charge in [0, 0.05) is 10.7 Å². The van der Waals surface area contributed by atoms with E-state index >= 15 is 0 Å². The predicted octanol–water partition coefficient (Wildman–Crippen LogP) is 3.08. The summed E-state index contributed by atoms with van der Waals surface area (Å²) in [6.45, 7) is 0. The van der Waals surface area contributed by atoms with Crippen molar-refractivity contribution in [3.05, 3.63) is 41.0 Å². The van der Waals surface area contributed by atoms with Crippen molar-refractivity contribution in [3.8, 4) is 22.6 Å². The van der Waals surface area contributed by atoms with E-state index in [1.165, 1.54) is 0 Å². The number of aromatic nitrogens is 3. The Labute approximate surface area is 111 Å². The number of rotatable bonds is 2. The molecule has 0 saturated carbocycles. The van der Waals surface area contributed by atoms with E-state index < -0.39 is 0 Å². The number of hydrogen-bond donors (Lipinski definition) is 2. The zero-order valence-corrected chi connectivity index (χ0v) is 10.8. The first-order valence-corrected chi connectivity index (χ1v) is 6.06. The maximum atomic E-state index is 5.88. The Morgan fingerprint density at radius 1 is 1.28 bits per heavy atom. The van der Waals surface area contributed by atoms with E-state index in [9.17, 15) is 0 Å². The molecule has 18 heavy (non-hydrogen) atoms. The Hall–Kier alpha value is -2.08. The summed E-state index contributed by atoms with van der Waals surface area (Å²) in [5.41, 5.74) is 8.32. The van der Waals surface area contributed by atoms with Crippen molar-refractivity contribution in [1.29, 1.82) is 0 Å². The summed E-state index contributed by atoms with van der Waals surface area (Å²) < 4.78 is 6.24. The van der Waals surface area contributed by atoms with Crippen molar-refractivity contribution in [2.45, 2.75) is 0 Å². The number of nitrogens with one attached hydrogen (secondary N) is 1. The highest BCUT2D eigenvalue weighted by Gasteiger charge is 2.18. The first kappa shape index (κ1) is 11.0. The predicted molar refractivity (Wildman–Crippen MR) is 71.6 cm³/mol. The molecule has 6 heteroatoms. The highest BCUT2D eigenvalue weighted by Crippen LogP contribution is 2.36. The average Bonchev–Trinajstić information content (AvgIpc) is 2.97. The molecule has 3 N–H and O–H groups in total. The van der Waals surface area contributed by atoms with Gasteiger partial charge in [-0.1, -0.05) is 33.2 Å². The third-order valence-corrected chi connectivity index (χ3v) is 3.07. The van der Waals surface area contributed by atoms with Gasteiger partial charge in [-0.3, -0.25) is 5.10 Å². The van der Waals surface area contributed by atoms with Crippen molar-refractivity contribution in [2.75, 3.05) is 5.73 Å². The molecule has 0 saturated heterocycles. The zero-order valence-electron chi connectivity index (χ0n) is 9.22. The maximum absolute atomic E-state index is 5.88. The van der Waals surface area contributed by atoms with Crippen LogP contribution in [0.4, 0.5) is 5.82 Å². The third kappa shape index (κ3) is 1.80. The Morgan fingerprint density at radius 3 is 2.89 bits per heavy atom. The number of nitrogen functional groups attached to an aromatic ring is 1. The summed E-state index contributed by atoms with van der Waals surface area (Å²) in [5, 5.41) is 10.6. The molecule has 0 spiro atoms. The molecule has 2 heterocycles. The molecule has 0 aliphatic heterocycles. The van der Waals surface area contributed by atoms with E-state index in [1.54, 1.807) is 12.3 Å². The molecule has 3 rings (SSSR count). The lowest BCUT2D eigenvalue weighted by Gasteiger charge is -2.01. The van der Waals surface area contributed by atoms with Crippen LogP contribution in [-0.4, -0.2) is 15.4 Å². The molecule has 2 aromatic heterocycles. The van der Waals surface area contributed by atoms with Crippen LogP contribution < -0.4 is 5.73 Å². The van der Waals surface area contributed by atoms with Gasteiger partial charge >= 0.3 is 0 Å². The lowest BCUT2D eigenvalue weighted by molar-refractivity contribution is 0.434. The van der Waals surface area contributed by atoms with Crippen LogP contribution in [0.5, 0.6) is 0 Å². The van der Waals surface area contributed by atoms with Crippen molar-refractivity contribution in [3.63, 3.8) is 0 Å². The average molecular weight is 305 g/mol. The summed E-state index contributed by atoms with van der Waals surface area (Å²) in [6, 6.07) is 9.60. The van der Waals surface area contributed by atoms with Gasteiger partial charge in [0.1, 0.15) is 5.69 Å². The normalized spacial score (nSPS) is 10.7. The molecule has 0 aliphatic carbocycles. The van der Waals surface area contributed by atoms with Gasteiger partial charge in [-0.05, 0) is 23.8 Å². The van der Waals surface area contributed by atoms with Crippen LogP contribution in [0, 0.1) is 0 Å². The molecule has 3 aromatic rings. The van der Waals surface area contributed by atoms with Crippen molar-refractivity contribution >= 4 is 21.7 Å². The molecular weight excluding hydrogens is 296 g/mol. The van der Waals surface area contributed by atoms with Crippen LogP contribution in [0.2, 0.25) is 0 Å². The number of aromatic amines is 1. The number of nitrogens with two attached hydrogens (primary N) is 1. The fourth-order valence-electron chi connectivity index (χ4n) is 1.79. The number of nitrogens with zero attached hydrogens (tertiary/aromatic N) is 2. The minimum atomic E-state index is 0.359. The molecule has 0 amide bonds. The molecule has 0 aliphatic rings. The van der Waals surface area contributed by atoms with E-state index in [4.69, 9.17) is 10.3 Å². The Kier molecular flexibility index (Phi) is 2.64. The van der Waals surface area contributed by atoms with Gasteiger partial charge in [0.25, 0.3) is 0 Å². The zero-order chi connectivity index (χ0) is 12.5. The summed E-state index contributed by atoms with van der Waals surface area (Å²) in [4.78, 5) is 0. The van der Waals surface area contributed by atoms with E-state index in [0.717, 1.165) is 21.3 Å². The smallest absolute Gasteiger partial charge is 0.194 e. The topological polar surface area (TPSA) is 80.7 Å². The minimum absolute atomic E-state index is 0.359. The van der Waals surface area contributed by atoms with Crippen LogP contribution >= 0.6 is 15.9 Å². The largest absolute Gasteiger partial charge is 0.380 e. The first-order chi connectivity index (χ1) is 8.75. The monoisotopic (exact) mass is 304 g/mol. The second-order valence-corrected chi connectivity index (χ2v) is 4.67. The molecule has 0 fully saturated rings. The van der Waals surface area contributed by atoms with Crippen LogP contribution in [0.1, 0.15) is 0 Å². The summed E-state index contributed by atoms with van der Waals surface area (Å²) >= 11 is 3.43. The second kappa shape index (κ2) is 4.30. The van der Waals surface area contributed by atoms with Crippen molar-refractivity contribution < 1.29 is 4.52 Å². The maximum Gasteiger partial charge on any atom is 0.194 e. The number of halogens is 1. The van der Waals surface area contributed by atoms with E-state index in [-0.39, 0.29) is 0 Å². The first-order valence-electron chi connectivity index (χ1n) is 5.26. The Bertz CT molecular complexity index is 675. The third-order valence-electron chi connectivity index (χ3n) is 2.58. The number of hydrogen-bond acceptors (Lipinski definition) is 4. The van der Waals surface area contributed by atoms with Crippen LogP contribution in [0.3, 0.4) is 0 Å². The second-order valence-electron chi connectivity index (χ2n) is 3.75. The lowest BCUT2D eigenvalue weighted by Crippen LogP contribution is -1.89. The Balaban J connectivity index is 2.20. The van der Waals surface area contributed by atoms with Gasteiger partial charge in [0.2, 0.25) is 0 Å². The van der Waals surface area contributed by atoms with Crippen molar-refractivity contribution in [1.82, 2.24) is 15.4 Å². The fourth-order valence-corrected chi connectivity index (χ4v) is 2.19. The van der Waals surface area contributed by atoms with E-state index in [2.05, 4.69) is 31.3 Å². The Morgan fingerprint density at radius 2 is 2.17 bits per heavy atom. The minimum Gasteiger partial charge on any atom is -0.380 e. The molecule has 90 valence electrons. The molecule has 5 nitrogen and oxygen atoms in total. The van der Waals surface area contributed by atoms with Gasteiger partial charge in [-0.25, -0.2) is 0 Å². The molecule has 0 radical (unpaired) electrons. The van der Waals surface area contributed by atoms with Gasteiger partial charge in [0.15, 0.2) is 11.6 Å². The van der Waals surface area contributed by atoms with Gasteiger partial charge in [-0.2, -0.15) is 5.10 Å². The molecule has 0 unspecified atom stereocenters. The quantitative estimate of drug-likeness (QED) is 0.762. The highest BCUT2D eigenvalue weighted by atomic mass is 79.9. The van der Waals surface area contributed by atoms with Crippen LogP contribution in [0.25, 0.3) is 22.6 Å². The lowest BCUT2D eigenvalue weighted by atomic mass is 10.0. The molecule has 0 bridgehead atoms. The summed E-state index contributed by atoms with van der Waals surface area (Å²) in [7, 11) is 0. The number of H-pyrrole nitrogens is 1. The van der Waals surface area contributed by atoms with E-state index in [1.807, 2.05) is 24.3 Å². The summed E-state index contributed by atoms with van der Waals surface area (Å²) in [6.07, 6.45) is 1.65. The molecular formula is C12H9BrN4O. The fraction of sp³-hybridized carbons (Fsp3) is 0. The van der Waals surface area contributed by atoms with Gasteiger partial charge in [0.05, 0.1) is 5.56 Å².